The zero-order valence-electron chi connectivity index (χ0n) is 13.6. The summed E-state index contributed by atoms with van der Waals surface area (Å²) in [6.07, 6.45) is -0.678. The Balaban J connectivity index is 3.50. The second-order valence-electron chi connectivity index (χ2n) is 1.78. The molecule has 4 heteroatoms. The first-order chi connectivity index (χ1) is 8.84. The van der Waals surface area contributed by atoms with Crippen molar-refractivity contribution < 1.29 is 20.5 Å². The maximum absolute atomic E-state index is 11.7. The highest BCUT2D eigenvalue weighted by atomic mass is 79.9. The summed E-state index contributed by atoms with van der Waals surface area (Å²) in [6.45, 7) is -2.83. The third-order valence-electron chi connectivity index (χ3n) is 1.08. The molecule has 1 rings (SSSR count). The normalized spacial score (nSPS) is 21.4. The number of hydrogen-bond acceptors (Lipinski definition) is 3. The predicted octanol–water partition coefficient (Wildman–Crippen LogP) is 1.94. The molecule has 0 amide bonds. The van der Waals surface area contributed by atoms with Crippen LogP contribution >= 0.6 is 15.9 Å². The average molecular weight is 238 g/mol. The van der Waals surface area contributed by atoms with Crippen LogP contribution < -0.4 is 0 Å². The van der Waals surface area contributed by atoms with Gasteiger partial charge in [0.25, 0.3) is 0 Å². The van der Waals surface area contributed by atoms with Crippen molar-refractivity contribution in [2.24, 2.45) is 0 Å². The molecule has 0 aliphatic rings. The van der Waals surface area contributed by atoms with Crippen LogP contribution in [0.25, 0.3) is 0 Å². The molecule has 0 saturated heterocycles. The van der Waals surface area contributed by atoms with E-state index < -0.39 is 43.3 Å². The molecule has 0 aromatic carbocycles. The van der Waals surface area contributed by atoms with Crippen molar-refractivity contribution in [1.29, 1.82) is 0 Å². The molecular formula is C8H8BrNO2. The Hall–Kier alpha value is -0.900. The molecule has 1 aromatic heterocycles. The zero-order chi connectivity index (χ0) is 15.9. The summed E-state index contributed by atoms with van der Waals surface area (Å²) < 4.78 is 61.0. The Morgan fingerprint density at radius 3 is 3.42 bits per heavy atom. The smallest absolute Gasteiger partial charge is 0.356 e. The minimum atomic E-state index is -3.07. The van der Waals surface area contributed by atoms with E-state index in [0.717, 1.165) is 0 Å². The van der Waals surface area contributed by atoms with Crippen molar-refractivity contribution in [3.8, 4) is 0 Å². The fraction of sp³-hybridized carbons (Fsp3) is 0.250. The lowest BCUT2D eigenvalue weighted by atomic mass is 10.2. The second-order valence-corrected chi connectivity index (χ2v) is 2.57. The van der Waals surface area contributed by atoms with Crippen LogP contribution in [0.3, 0.4) is 0 Å². The van der Waals surface area contributed by atoms with E-state index >= 15 is 0 Å². The van der Waals surface area contributed by atoms with Gasteiger partial charge in [-0.15, -0.1) is 0 Å². The van der Waals surface area contributed by atoms with Gasteiger partial charge in [0.15, 0.2) is 5.69 Å². The van der Waals surface area contributed by atoms with Crippen LogP contribution in [0.5, 0.6) is 0 Å². The molecule has 3 nitrogen and oxygen atoms in total. The van der Waals surface area contributed by atoms with Crippen molar-refractivity contribution in [2.45, 2.75) is 6.85 Å². The van der Waals surface area contributed by atoms with Gasteiger partial charge >= 0.3 is 5.97 Å². The molecule has 1 aromatic rings. The number of pyridine rings is 1. The summed E-state index contributed by atoms with van der Waals surface area (Å²) in [6, 6.07) is -0.526. The Bertz CT molecular complexity index is 553. The van der Waals surface area contributed by atoms with Crippen LogP contribution in [0.15, 0.2) is 16.7 Å². The molecule has 0 N–H and O–H groups in total. The van der Waals surface area contributed by atoms with Crippen LogP contribution in [-0.2, 0) is 4.74 Å². The lowest BCUT2D eigenvalue weighted by Gasteiger charge is -2.02. The van der Waals surface area contributed by atoms with Crippen molar-refractivity contribution >= 4 is 21.9 Å². The highest BCUT2D eigenvalue weighted by molar-refractivity contribution is 9.10. The molecule has 0 aliphatic carbocycles. The molecule has 0 bridgehead atoms. The highest BCUT2D eigenvalue weighted by Crippen LogP contribution is 2.17. The molecule has 0 unspecified atom stereocenters. The second kappa shape index (κ2) is 3.67. The highest BCUT2D eigenvalue weighted by Gasteiger charge is 2.11. The van der Waals surface area contributed by atoms with Crippen LogP contribution in [-0.4, -0.2) is 18.0 Å². The molecule has 0 atom stereocenters. The van der Waals surface area contributed by atoms with Gasteiger partial charge in [-0.2, -0.15) is 0 Å². The lowest BCUT2D eigenvalue weighted by Crippen LogP contribution is -2.06. The van der Waals surface area contributed by atoms with Crippen LogP contribution in [0.4, 0.5) is 0 Å². The number of carbonyl (C=O) groups excluding carboxylic acids is 1. The van der Waals surface area contributed by atoms with Gasteiger partial charge < -0.3 is 4.74 Å². The number of aromatic nitrogens is 1. The number of methoxy groups -OCH3 is 1. The van der Waals surface area contributed by atoms with Crippen molar-refractivity contribution in [2.75, 3.05) is 7.04 Å². The summed E-state index contributed by atoms with van der Waals surface area (Å²) >= 11 is 2.81. The van der Waals surface area contributed by atoms with E-state index in [2.05, 4.69) is 25.7 Å². The van der Waals surface area contributed by atoms with Gasteiger partial charge in [0, 0.05) is 14.8 Å². The SMILES string of the molecule is [2H]c1nc(C(=O)OC([2H])([2H])[2H])c(C([2H])([2H])[2H])c(Br)c1[2H]. The first-order valence-electron chi connectivity index (χ1n) is 6.75. The average Bonchev–Trinajstić information content (AvgIpc) is 2.20. The Morgan fingerprint density at radius 1 is 1.92 bits per heavy atom. The predicted molar refractivity (Wildman–Crippen MR) is 48.0 cm³/mol. The largest absolute Gasteiger partial charge is 0.464 e. The summed E-state index contributed by atoms with van der Waals surface area (Å²) in [7, 11) is -3.07. The molecule has 64 valence electrons. The number of rotatable bonds is 1. The van der Waals surface area contributed by atoms with Gasteiger partial charge in [0.1, 0.15) is 0 Å². The minimum Gasteiger partial charge on any atom is -0.464 e. The van der Waals surface area contributed by atoms with Crippen LogP contribution in [0, 0.1) is 6.85 Å². The van der Waals surface area contributed by atoms with Crippen molar-refractivity contribution in [3.05, 3.63) is 27.9 Å². The van der Waals surface area contributed by atoms with E-state index in [0.29, 0.717) is 0 Å². The topological polar surface area (TPSA) is 39.2 Å². The maximum Gasteiger partial charge on any atom is 0.356 e. The number of ether oxygens (including phenoxy) is 1. The molecule has 0 spiro atoms. The third-order valence-corrected chi connectivity index (χ3v) is 1.67. The van der Waals surface area contributed by atoms with E-state index in [1.807, 2.05) is 0 Å². The zero-order valence-corrected chi connectivity index (χ0v) is 7.23. The molecule has 0 radical (unpaired) electrons. The molecule has 1 heterocycles. The first kappa shape index (κ1) is 3.10. The third kappa shape index (κ3) is 1.64. The molecule has 0 saturated carbocycles. The number of halogens is 1. The van der Waals surface area contributed by atoms with Crippen LogP contribution in [0.1, 0.15) is 27.0 Å². The van der Waals surface area contributed by atoms with Gasteiger partial charge in [-0.1, -0.05) is 15.9 Å². The van der Waals surface area contributed by atoms with E-state index in [-0.39, 0.29) is 4.47 Å². The van der Waals surface area contributed by atoms with E-state index in [9.17, 15) is 4.79 Å². The summed E-state index contributed by atoms with van der Waals surface area (Å²) in [5, 5.41) is 0. The summed E-state index contributed by atoms with van der Waals surface area (Å²) in [4.78, 5) is 15.0. The van der Waals surface area contributed by atoms with E-state index in [1.165, 1.54) is 0 Å². The molecule has 0 aliphatic heterocycles. The maximum atomic E-state index is 11.7. The van der Waals surface area contributed by atoms with Gasteiger partial charge in [0.2, 0.25) is 0 Å². The molecule has 0 fully saturated rings. The Kier molecular flexibility index (Phi) is 0.949. The number of hydrogen-bond donors (Lipinski definition) is 0. The lowest BCUT2D eigenvalue weighted by molar-refractivity contribution is 0.0593. The Morgan fingerprint density at radius 2 is 2.75 bits per heavy atom. The van der Waals surface area contributed by atoms with E-state index in [4.69, 9.17) is 11.0 Å². The van der Waals surface area contributed by atoms with Gasteiger partial charge in [-0.25, -0.2) is 9.78 Å². The minimum absolute atomic E-state index is 0.324. The monoisotopic (exact) mass is 237 g/mol. The van der Waals surface area contributed by atoms with Crippen molar-refractivity contribution in [1.82, 2.24) is 4.98 Å². The van der Waals surface area contributed by atoms with Crippen molar-refractivity contribution in [3.63, 3.8) is 0 Å². The van der Waals surface area contributed by atoms with Crippen LogP contribution in [0.2, 0.25) is 0 Å². The molecular weight excluding hydrogens is 222 g/mol. The van der Waals surface area contributed by atoms with Gasteiger partial charge in [-0.3, -0.25) is 0 Å². The molecule has 12 heavy (non-hydrogen) atoms. The van der Waals surface area contributed by atoms with Gasteiger partial charge in [0.05, 0.1) is 13.9 Å². The first-order valence-corrected chi connectivity index (χ1v) is 3.54. The number of nitrogens with zero attached hydrogens (tertiary/aromatic N) is 1. The summed E-state index contributed by atoms with van der Waals surface area (Å²) in [5.74, 6) is -1.50. The summed E-state index contributed by atoms with van der Waals surface area (Å²) in [5.41, 5.74) is -1.48. The fourth-order valence-electron chi connectivity index (χ4n) is 0.551. The number of esters is 1. The number of carbonyl (C=O) groups is 1. The van der Waals surface area contributed by atoms with Gasteiger partial charge in [-0.05, 0) is 18.5 Å². The quantitative estimate of drug-likeness (QED) is 0.702. The van der Waals surface area contributed by atoms with E-state index in [1.54, 1.807) is 0 Å². The Labute approximate surface area is 90.1 Å². The fourth-order valence-corrected chi connectivity index (χ4v) is 0.828. The standard InChI is InChI=1S/C8H8BrNO2/c1-5-6(9)3-4-10-7(5)8(11)12-2/h3-4H,1-2H3/i1D3,2D3,3D,4D.